The van der Waals surface area contributed by atoms with Crippen LogP contribution in [0, 0.1) is 5.92 Å². The van der Waals surface area contributed by atoms with Crippen LogP contribution >= 0.6 is 23.2 Å². The Bertz CT molecular complexity index is 1030. The highest BCUT2D eigenvalue weighted by Crippen LogP contribution is 2.65. The van der Waals surface area contributed by atoms with Crippen molar-refractivity contribution in [2.45, 2.75) is 16.0 Å². The summed E-state index contributed by atoms with van der Waals surface area (Å²) in [5.74, 6) is -0.556. The van der Waals surface area contributed by atoms with Gasteiger partial charge in [-0.15, -0.1) is 23.2 Å². The number of alkyl halides is 2. The van der Waals surface area contributed by atoms with Gasteiger partial charge < -0.3 is 4.74 Å². The van der Waals surface area contributed by atoms with E-state index in [1.165, 1.54) is 0 Å². The molecule has 0 bridgehead atoms. The van der Waals surface area contributed by atoms with Gasteiger partial charge in [0.15, 0.2) is 4.87 Å². The summed E-state index contributed by atoms with van der Waals surface area (Å²) in [5.41, 5.74) is 1.43. The van der Waals surface area contributed by atoms with Crippen molar-refractivity contribution in [1.29, 1.82) is 0 Å². The summed E-state index contributed by atoms with van der Waals surface area (Å²) in [6, 6.07) is 28.9. The SMILES string of the molecule is O=C1N(c2ccccc2)[C@]2(c3ccccc3)OC[C@H]([C@@H](Cl)c3ccccc3)[C@]12Cl. The zero-order valence-electron chi connectivity index (χ0n) is 15.5. The number of fused-ring (bicyclic) bond motifs is 1. The molecule has 3 nitrogen and oxygen atoms in total. The third-order valence-electron chi connectivity index (χ3n) is 5.96. The number of β-lactam (4-membered cyclic amide) rings is 1. The van der Waals surface area contributed by atoms with Gasteiger partial charge in [0.25, 0.3) is 5.91 Å². The maximum atomic E-state index is 13.5. The number of hydrogen-bond acceptors (Lipinski definition) is 2. The van der Waals surface area contributed by atoms with E-state index >= 15 is 0 Å². The maximum Gasteiger partial charge on any atom is 0.256 e. The lowest BCUT2D eigenvalue weighted by Gasteiger charge is -2.59. The number of anilines is 1. The highest BCUT2D eigenvalue weighted by molar-refractivity contribution is 6.43. The Hall–Kier alpha value is -2.33. The molecule has 2 heterocycles. The number of hydrogen-bond donors (Lipinski definition) is 0. The van der Waals surface area contributed by atoms with Crippen molar-refractivity contribution in [3.8, 4) is 0 Å². The van der Waals surface area contributed by atoms with Crippen LogP contribution in [0.25, 0.3) is 0 Å². The predicted octanol–water partition coefficient (Wildman–Crippen LogP) is 5.49. The first-order valence-corrected chi connectivity index (χ1v) is 10.4. The first kappa shape index (κ1) is 18.7. The Labute approximate surface area is 179 Å². The summed E-state index contributed by atoms with van der Waals surface area (Å²) in [7, 11) is 0. The molecule has 5 rings (SSSR count). The normalized spacial score (nSPS) is 29.2. The Morgan fingerprint density at radius 3 is 2.07 bits per heavy atom. The molecule has 2 aliphatic rings. The zero-order valence-corrected chi connectivity index (χ0v) is 17.1. The Balaban J connectivity index is 1.64. The summed E-state index contributed by atoms with van der Waals surface area (Å²) in [6.07, 6.45) is 0. The molecular formula is C24H19Cl2NO2. The molecule has 3 aromatic rings. The molecule has 2 aliphatic heterocycles. The molecule has 0 saturated carbocycles. The monoisotopic (exact) mass is 423 g/mol. The summed E-state index contributed by atoms with van der Waals surface area (Å²) < 4.78 is 6.41. The van der Waals surface area contributed by atoms with Crippen LogP contribution < -0.4 is 4.90 Å². The average Bonchev–Trinajstić information content (AvgIpc) is 3.05. The van der Waals surface area contributed by atoms with Gasteiger partial charge in [0, 0.05) is 17.2 Å². The standard InChI is InChI=1S/C24H19Cl2NO2/c25-21(17-10-4-1-5-11-17)20-16-29-24(18-12-6-2-7-13-18)23(20,26)22(28)27(24)19-14-8-3-9-15-19/h1-15,20-21H,16H2/t20-,21+,23+,24-/m1/s1. The van der Waals surface area contributed by atoms with Crippen LogP contribution in [0.1, 0.15) is 16.5 Å². The van der Waals surface area contributed by atoms with Crippen LogP contribution in [0.5, 0.6) is 0 Å². The quantitative estimate of drug-likeness (QED) is 0.410. The maximum absolute atomic E-state index is 13.5. The number of amides is 1. The largest absolute Gasteiger partial charge is 0.348 e. The van der Waals surface area contributed by atoms with Crippen molar-refractivity contribution in [3.05, 3.63) is 102 Å². The summed E-state index contributed by atoms with van der Waals surface area (Å²) in [4.78, 5) is 13.9. The number of nitrogens with zero attached hydrogens (tertiary/aromatic N) is 1. The van der Waals surface area contributed by atoms with Crippen molar-refractivity contribution in [1.82, 2.24) is 0 Å². The van der Waals surface area contributed by atoms with Gasteiger partial charge in [-0.2, -0.15) is 0 Å². The van der Waals surface area contributed by atoms with Crippen molar-refractivity contribution < 1.29 is 9.53 Å². The predicted molar refractivity (Wildman–Crippen MR) is 115 cm³/mol. The van der Waals surface area contributed by atoms with E-state index in [0.717, 1.165) is 16.8 Å². The first-order chi connectivity index (χ1) is 14.1. The summed E-state index contributed by atoms with van der Waals surface area (Å²) in [5, 5.41) is -0.443. The van der Waals surface area contributed by atoms with Crippen molar-refractivity contribution in [3.63, 3.8) is 0 Å². The summed E-state index contributed by atoms with van der Waals surface area (Å²) >= 11 is 14.1. The van der Waals surface area contributed by atoms with Crippen LogP contribution in [0.2, 0.25) is 0 Å². The van der Waals surface area contributed by atoms with E-state index in [2.05, 4.69) is 0 Å². The van der Waals surface area contributed by atoms with Gasteiger partial charge in [0.1, 0.15) is 0 Å². The fourth-order valence-corrected chi connectivity index (χ4v) is 5.58. The number of carbonyl (C=O) groups is 1. The van der Waals surface area contributed by atoms with Gasteiger partial charge in [-0.3, -0.25) is 9.69 Å². The van der Waals surface area contributed by atoms with E-state index in [9.17, 15) is 4.79 Å². The molecular weight excluding hydrogens is 405 g/mol. The van der Waals surface area contributed by atoms with Gasteiger partial charge in [-0.05, 0) is 17.7 Å². The fraction of sp³-hybridized carbons (Fsp3) is 0.208. The van der Waals surface area contributed by atoms with Gasteiger partial charge in [0.05, 0.1) is 12.0 Å². The van der Waals surface area contributed by atoms with E-state index in [-0.39, 0.29) is 18.4 Å². The number of benzene rings is 3. The Morgan fingerprint density at radius 1 is 0.897 bits per heavy atom. The molecule has 0 N–H and O–H groups in total. The minimum absolute atomic E-state index is 0.182. The molecule has 0 unspecified atom stereocenters. The van der Waals surface area contributed by atoms with Gasteiger partial charge in [-0.25, -0.2) is 0 Å². The van der Waals surface area contributed by atoms with Crippen LogP contribution in [0.3, 0.4) is 0 Å². The third kappa shape index (κ3) is 2.45. The molecule has 0 aromatic heterocycles. The molecule has 146 valence electrons. The van der Waals surface area contributed by atoms with Crippen LogP contribution in [-0.2, 0) is 15.3 Å². The molecule has 2 fully saturated rings. The highest BCUT2D eigenvalue weighted by Gasteiger charge is 2.80. The molecule has 0 spiro atoms. The van der Waals surface area contributed by atoms with E-state index < -0.39 is 16.0 Å². The average molecular weight is 424 g/mol. The van der Waals surface area contributed by atoms with Crippen LogP contribution in [0.4, 0.5) is 5.69 Å². The molecule has 1 amide bonds. The van der Waals surface area contributed by atoms with Gasteiger partial charge in [0.2, 0.25) is 5.72 Å². The molecule has 29 heavy (non-hydrogen) atoms. The second kappa shape index (κ2) is 6.88. The second-order valence-electron chi connectivity index (χ2n) is 7.43. The number of carbonyl (C=O) groups excluding carboxylic acids is 1. The van der Waals surface area contributed by atoms with Crippen molar-refractivity contribution in [2.24, 2.45) is 5.92 Å². The number of halogens is 2. The number of ether oxygens (including phenoxy) is 1. The second-order valence-corrected chi connectivity index (χ2v) is 8.49. The van der Waals surface area contributed by atoms with Gasteiger partial charge >= 0.3 is 0 Å². The third-order valence-corrected chi connectivity index (χ3v) is 7.21. The molecule has 4 atom stereocenters. The Kier molecular flexibility index (Phi) is 4.43. The lowest BCUT2D eigenvalue weighted by Crippen LogP contribution is -2.78. The molecule has 3 aromatic carbocycles. The van der Waals surface area contributed by atoms with E-state index in [4.69, 9.17) is 27.9 Å². The first-order valence-electron chi connectivity index (χ1n) is 9.58. The smallest absolute Gasteiger partial charge is 0.256 e. The van der Waals surface area contributed by atoms with Crippen LogP contribution in [-0.4, -0.2) is 17.4 Å². The fourth-order valence-electron chi connectivity index (χ4n) is 4.58. The number of para-hydroxylation sites is 1. The lowest BCUT2D eigenvalue weighted by molar-refractivity contribution is -0.149. The topological polar surface area (TPSA) is 29.5 Å². The molecule has 2 saturated heterocycles. The molecule has 0 radical (unpaired) electrons. The van der Waals surface area contributed by atoms with E-state index in [1.807, 2.05) is 91.0 Å². The van der Waals surface area contributed by atoms with Crippen LogP contribution in [0.15, 0.2) is 91.0 Å². The molecule has 5 heteroatoms. The molecule has 0 aliphatic carbocycles. The van der Waals surface area contributed by atoms with Gasteiger partial charge in [-0.1, -0.05) is 78.9 Å². The zero-order chi connectivity index (χ0) is 20.1. The Morgan fingerprint density at radius 2 is 1.45 bits per heavy atom. The van der Waals surface area contributed by atoms with Crippen molar-refractivity contribution in [2.75, 3.05) is 11.5 Å². The summed E-state index contributed by atoms with van der Waals surface area (Å²) in [6.45, 7) is 0.288. The number of rotatable bonds is 4. The lowest BCUT2D eigenvalue weighted by atomic mass is 9.70. The van der Waals surface area contributed by atoms with E-state index in [0.29, 0.717) is 0 Å². The minimum atomic E-state index is -1.29. The van der Waals surface area contributed by atoms with Crippen molar-refractivity contribution >= 4 is 34.8 Å². The van der Waals surface area contributed by atoms with E-state index in [1.54, 1.807) is 4.90 Å². The minimum Gasteiger partial charge on any atom is -0.348 e. The highest BCUT2D eigenvalue weighted by atomic mass is 35.5.